The highest BCUT2D eigenvalue weighted by Crippen LogP contribution is 2.26. The highest BCUT2D eigenvalue weighted by Gasteiger charge is 2.27. The molecule has 1 heterocycles. The molecule has 2 aromatic carbocycles. The monoisotopic (exact) mass is 494 g/mol. The quantitative estimate of drug-likeness (QED) is 0.591. The van der Waals surface area contributed by atoms with E-state index >= 15 is 0 Å². The predicted octanol–water partition coefficient (Wildman–Crippen LogP) is 3.76. The molecule has 0 saturated carbocycles. The zero-order valence-corrected chi connectivity index (χ0v) is 19.0. The topological polar surface area (TPSA) is 92.8 Å². The third kappa shape index (κ3) is 5.27. The van der Waals surface area contributed by atoms with Gasteiger partial charge in [0.25, 0.3) is 5.91 Å². The van der Waals surface area contributed by atoms with Crippen molar-refractivity contribution in [3.8, 4) is 5.75 Å². The SMILES string of the molecule is Cc1ccc(NC(=O)COc2ccc(Br)cc2C=O)cc1S(=O)(=O)N1CCCCC1. The summed E-state index contributed by atoms with van der Waals surface area (Å²) >= 11 is 3.27. The molecule has 0 unspecified atom stereocenters. The molecule has 2 aromatic rings. The van der Waals surface area contributed by atoms with E-state index in [1.165, 1.54) is 10.4 Å². The lowest BCUT2D eigenvalue weighted by atomic mass is 10.2. The number of sulfonamides is 1. The second kappa shape index (κ2) is 9.72. The van der Waals surface area contributed by atoms with Gasteiger partial charge < -0.3 is 10.1 Å². The van der Waals surface area contributed by atoms with Gasteiger partial charge in [0.15, 0.2) is 12.9 Å². The number of carbonyl (C=O) groups is 2. The van der Waals surface area contributed by atoms with Crippen molar-refractivity contribution in [1.82, 2.24) is 4.31 Å². The second-order valence-corrected chi connectivity index (χ2v) is 9.90. The zero-order chi connectivity index (χ0) is 21.7. The first-order chi connectivity index (χ1) is 14.3. The van der Waals surface area contributed by atoms with E-state index in [1.54, 1.807) is 37.3 Å². The maximum absolute atomic E-state index is 13.0. The molecule has 1 aliphatic heterocycles. The van der Waals surface area contributed by atoms with Crippen molar-refractivity contribution < 1.29 is 22.7 Å². The van der Waals surface area contributed by atoms with Gasteiger partial charge in [-0.15, -0.1) is 0 Å². The molecule has 30 heavy (non-hydrogen) atoms. The van der Waals surface area contributed by atoms with Gasteiger partial charge >= 0.3 is 0 Å². The Kier molecular flexibility index (Phi) is 7.27. The van der Waals surface area contributed by atoms with E-state index in [1.807, 2.05) is 0 Å². The van der Waals surface area contributed by atoms with Crippen molar-refractivity contribution in [1.29, 1.82) is 0 Å². The van der Waals surface area contributed by atoms with Crippen LogP contribution in [0.15, 0.2) is 45.8 Å². The van der Waals surface area contributed by atoms with E-state index in [0.717, 1.165) is 23.7 Å². The van der Waals surface area contributed by atoms with Gasteiger partial charge in [-0.25, -0.2) is 8.42 Å². The molecule has 160 valence electrons. The Morgan fingerprint density at radius 1 is 1.17 bits per heavy atom. The predicted molar refractivity (Wildman–Crippen MR) is 117 cm³/mol. The number of ether oxygens (including phenoxy) is 1. The highest BCUT2D eigenvalue weighted by molar-refractivity contribution is 9.10. The van der Waals surface area contributed by atoms with E-state index in [9.17, 15) is 18.0 Å². The Labute approximate surface area is 184 Å². The van der Waals surface area contributed by atoms with Crippen molar-refractivity contribution >= 4 is 43.8 Å². The molecular weight excluding hydrogens is 472 g/mol. The number of hydrogen-bond donors (Lipinski definition) is 1. The smallest absolute Gasteiger partial charge is 0.262 e. The van der Waals surface area contributed by atoms with Crippen LogP contribution in [-0.4, -0.2) is 44.6 Å². The van der Waals surface area contributed by atoms with Crippen LogP contribution in [0.4, 0.5) is 5.69 Å². The highest BCUT2D eigenvalue weighted by atomic mass is 79.9. The number of nitrogens with one attached hydrogen (secondary N) is 1. The fourth-order valence-corrected chi connectivity index (χ4v) is 5.43. The molecule has 0 bridgehead atoms. The van der Waals surface area contributed by atoms with E-state index < -0.39 is 15.9 Å². The van der Waals surface area contributed by atoms with Gasteiger partial charge in [0, 0.05) is 23.2 Å². The van der Waals surface area contributed by atoms with E-state index in [0.29, 0.717) is 41.9 Å². The van der Waals surface area contributed by atoms with Gasteiger partial charge in [-0.05, 0) is 55.7 Å². The number of hydrogen-bond acceptors (Lipinski definition) is 5. The first-order valence-corrected chi connectivity index (χ1v) is 11.8. The van der Waals surface area contributed by atoms with Gasteiger partial charge in [-0.2, -0.15) is 4.31 Å². The largest absolute Gasteiger partial charge is 0.483 e. The van der Waals surface area contributed by atoms with Crippen LogP contribution in [0.2, 0.25) is 0 Å². The summed E-state index contributed by atoms with van der Waals surface area (Å²) < 4.78 is 33.7. The second-order valence-electron chi connectivity index (χ2n) is 7.08. The number of aryl methyl sites for hydroxylation is 1. The summed E-state index contributed by atoms with van der Waals surface area (Å²) in [7, 11) is -3.61. The average molecular weight is 495 g/mol. The van der Waals surface area contributed by atoms with Crippen LogP contribution in [0.3, 0.4) is 0 Å². The number of benzene rings is 2. The molecule has 0 spiro atoms. The number of halogens is 1. The first kappa shape index (κ1) is 22.5. The number of rotatable bonds is 7. The van der Waals surface area contributed by atoms with Gasteiger partial charge in [-0.1, -0.05) is 28.4 Å². The van der Waals surface area contributed by atoms with E-state index in [4.69, 9.17) is 4.74 Å². The molecule has 1 N–H and O–H groups in total. The molecule has 1 aliphatic rings. The lowest BCUT2D eigenvalue weighted by molar-refractivity contribution is -0.118. The number of nitrogens with zero attached hydrogens (tertiary/aromatic N) is 1. The van der Waals surface area contributed by atoms with Crippen molar-refractivity contribution in [2.24, 2.45) is 0 Å². The first-order valence-electron chi connectivity index (χ1n) is 9.59. The Morgan fingerprint density at radius 2 is 1.90 bits per heavy atom. The Bertz CT molecular complexity index is 1050. The van der Waals surface area contributed by atoms with Gasteiger partial charge in [0.1, 0.15) is 5.75 Å². The molecule has 3 rings (SSSR count). The standard InChI is InChI=1S/C21H23BrN2O5S/c1-15-5-7-18(12-20(15)30(27,28)24-9-3-2-4-10-24)23-21(26)14-29-19-8-6-17(22)11-16(19)13-25/h5-8,11-13H,2-4,9-10,14H2,1H3,(H,23,26). The Morgan fingerprint density at radius 3 is 2.60 bits per heavy atom. The molecule has 0 atom stereocenters. The van der Waals surface area contributed by atoms with Crippen LogP contribution < -0.4 is 10.1 Å². The number of piperidine rings is 1. The van der Waals surface area contributed by atoms with Crippen LogP contribution in [0, 0.1) is 6.92 Å². The maximum Gasteiger partial charge on any atom is 0.262 e. The molecule has 0 aliphatic carbocycles. The Balaban J connectivity index is 1.70. The van der Waals surface area contributed by atoms with E-state index in [2.05, 4.69) is 21.2 Å². The minimum atomic E-state index is -3.61. The summed E-state index contributed by atoms with van der Waals surface area (Å²) in [6.07, 6.45) is 3.39. The van der Waals surface area contributed by atoms with Crippen LogP contribution >= 0.6 is 15.9 Å². The normalized spacial score (nSPS) is 14.9. The molecule has 9 heteroatoms. The number of amides is 1. The lowest BCUT2D eigenvalue weighted by Crippen LogP contribution is -2.36. The molecule has 1 fully saturated rings. The molecule has 0 aromatic heterocycles. The summed E-state index contributed by atoms with van der Waals surface area (Å²) in [5.74, 6) is -0.166. The van der Waals surface area contributed by atoms with Gasteiger partial charge in [0.05, 0.1) is 10.5 Å². The average Bonchev–Trinajstić information content (AvgIpc) is 2.74. The molecule has 0 radical (unpaired) electrons. The van der Waals surface area contributed by atoms with Crippen molar-refractivity contribution in [2.45, 2.75) is 31.1 Å². The van der Waals surface area contributed by atoms with Gasteiger partial charge in [0.2, 0.25) is 10.0 Å². The van der Waals surface area contributed by atoms with E-state index in [-0.39, 0.29) is 11.5 Å². The summed E-state index contributed by atoms with van der Waals surface area (Å²) in [5.41, 5.74) is 1.32. The summed E-state index contributed by atoms with van der Waals surface area (Å²) in [6.45, 7) is 2.45. The molecule has 1 saturated heterocycles. The van der Waals surface area contributed by atoms with Crippen LogP contribution in [-0.2, 0) is 14.8 Å². The van der Waals surface area contributed by atoms with Crippen LogP contribution in [0.1, 0.15) is 35.2 Å². The third-order valence-corrected chi connectivity index (χ3v) is 7.40. The van der Waals surface area contributed by atoms with Crippen molar-refractivity contribution in [2.75, 3.05) is 25.0 Å². The minimum Gasteiger partial charge on any atom is -0.483 e. The van der Waals surface area contributed by atoms with Crippen molar-refractivity contribution in [3.63, 3.8) is 0 Å². The third-order valence-electron chi connectivity index (χ3n) is 4.86. The number of anilines is 1. The van der Waals surface area contributed by atoms with Crippen LogP contribution in [0.5, 0.6) is 5.75 Å². The van der Waals surface area contributed by atoms with Crippen LogP contribution in [0.25, 0.3) is 0 Å². The summed E-state index contributed by atoms with van der Waals surface area (Å²) in [4.78, 5) is 23.6. The van der Waals surface area contributed by atoms with Crippen molar-refractivity contribution in [3.05, 3.63) is 52.0 Å². The number of carbonyl (C=O) groups excluding carboxylic acids is 2. The zero-order valence-electron chi connectivity index (χ0n) is 16.6. The Hall–Kier alpha value is -2.23. The maximum atomic E-state index is 13.0. The minimum absolute atomic E-state index is 0.194. The summed E-state index contributed by atoms with van der Waals surface area (Å²) in [5, 5.41) is 2.66. The fraction of sp³-hybridized carbons (Fsp3) is 0.333. The molecule has 7 nitrogen and oxygen atoms in total. The fourth-order valence-electron chi connectivity index (χ4n) is 3.28. The molecule has 1 amide bonds. The molecular formula is C21H23BrN2O5S. The summed E-state index contributed by atoms with van der Waals surface area (Å²) in [6, 6.07) is 9.70. The number of aldehydes is 1. The van der Waals surface area contributed by atoms with Gasteiger partial charge in [-0.3, -0.25) is 9.59 Å². The lowest BCUT2D eigenvalue weighted by Gasteiger charge is -2.26.